The molecule has 1 unspecified atom stereocenters. The number of piperidine rings is 1. The number of nitrogens with zero attached hydrogens (tertiary/aromatic N) is 5. The lowest BCUT2D eigenvalue weighted by Crippen LogP contribution is -2.42. The fourth-order valence-corrected chi connectivity index (χ4v) is 3.87. The molecule has 1 saturated heterocycles. The van der Waals surface area contributed by atoms with Crippen LogP contribution in [0.3, 0.4) is 0 Å². The predicted molar refractivity (Wildman–Crippen MR) is 114 cm³/mol. The molecule has 1 aliphatic heterocycles. The van der Waals surface area contributed by atoms with E-state index >= 15 is 0 Å². The Kier molecular flexibility index (Phi) is 6.07. The van der Waals surface area contributed by atoms with E-state index in [0.29, 0.717) is 18.9 Å². The van der Waals surface area contributed by atoms with Crippen LogP contribution >= 0.6 is 0 Å². The third-order valence-electron chi connectivity index (χ3n) is 5.60. The van der Waals surface area contributed by atoms with E-state index < -0.39 is 0 Å². The number of benzene rings is 2. The van der Waals surface area contributed by atoms with Crippen LogP contribution in [0.15, 0.2) is 48.5 Å². The number of tetrazole rings is 1. The molecule has 1 atom stereocenters. The number of hydrogen-bond acceptors (Lipinski definition) is 5. The van der Waals surface area contributed by atoms with Crippen molar-refractivity contribution in [1.29, 1.82) is 0 Å². The van der Waals surface area contributed by atoms with Crippen LogP contribution in [0.4, 0.5) is 0 Å². The maximum atomic E-state index is 12.9. The number of aromatic nitrogens is 4. The third-order valence-corrected chi connectivity index (χ3v) is 5.60. The van der Waals surface area contributed by atoms with Gasteiger partial charge in [0.25, 0.3) is 0 Å². The SMILES string of the molecule is Cc1ccccc1OCC1CCCN(C(=O)Cc2ccc(-n3nnnc3C)cc2)C1. The van der Waals surface area contributed by atoms with Crippen molar-refractivity contribution in [1.82, 2.24) is 25.1 Å². The van der Waals surface area contributed by atoms with Gasteiger partial charge in [0.15, 0.2) is 5.82 Å². The molecule has 0 saturated carbocycles. The smallest absolute Gasteiger partial charge is 0.227 e. The van der Waals surface area contributed by atoms with Crippen molar-refractivity contribution in [3.8, 4) is 11.4 Å². The number of rotatable bonds is 6. The topological polar surface area (TPSA) is 73.1 Å². The zero-order valence-electron chi connectivity index (χ0n) is 17.5. The molecule has 1 aromatic heterocycles. The van der Waals surface area contributed by atoms with Gasteiger partial charge in [-0.25, -0.2) is 0 Å². The molecular formula is C23H27N5O2. The molecule has 4 rings (SSSR count). The van der Waals surface area contributed by atoms with Crippen LogP contribution in [0.5, 0.6) is 5.75 Å². The number of amides is 1. The average molecular weight is 406 g/mol. The number of para-hydroxylation sites is 1. The first-order chi connectivity index (χ1) is 14.6. The lowest BCUT2D eigenvalue weighted by atomic mass is 9.98. The van der Waals surface area contributed by atoms with Crippen molar-refractivity contribution in [3.05, 3.63) is 65.5 Å². The van der Waals surface area contributed by atoms with Crippen molar-refractivity contribution < 1.29 is 9.53 Å². The zero-order valence-corrected chi connectivity index (χ0v) is 17.5. The van der Waals surface area contributed by atoms with Gasteiger partial charge in [-0.2, -0.15) is 4.68 Å². The highest BCUT2D eigenvalue weighted by Gasteiger charge is 2.24. The van der Waals surface area contributed by atoms with Crippen molar-refractivity contribution in [2.24, 2.45) is 5.92 Å². The van der Waals surface area contributed by atoms with Crippen LogP contribution in [0.2, 0.25) is 0 Å². The van der Waals surface area contributed by atoms with Gasteiger partial charge in [0.05, 0.1) is 18.7 Å². The molecule has 7 nitrogen and oxygen atoms in total. The normalized spacial score (nSPS) is 16.5. The number of carbonyl (C=O) groups excluding carboxylic acids is 1. The second kappa shape index (κ2) is 9.07. The molecule has 1 amide bonds. The summed E-state index contributed by atoms with van der Waals surface area (Å²) in [4.78, 5) is 14.8. The molecule has 3 aromatic rings. The van der Waals surface area contributed by atoms with Gasteiger partial charge in [0.1, 0.15) is 5.75 Å². The van der Waals surface area contributed by atoms with Gasteiger partial charge in [-0.05, 0) is 66.4 Å². The first-order valence-corrected chi connectivity index (χ1v) is 10.4. The van der Waals surface area contributed by atoms with E-state index in [-0.39, 0.29) is 5.91 Å². The molecule has 0 radical (unpaired) electrons. The molecule has 30 heavy (non-hydrogen) atoms. The maximum absolute atomic E-state index is 12.9. The second-order valence-corrected chi connectivity index (χ2v) is 7.91. The van der Waals surface area contributed by atoms with Gasteiger partial charge in [0, 0.05) is 19.0 Å². The molecule has 156 valence electrons. The van der Waals surface area contributed by atoms with Gasteiger partial charge < -0.3 is 9.64 Å². The Hall–Kier alpha value is -3.22. The Balaban J connectivity index is 1.32. The van der Waals surface area contributed by atoms with Crippen LogP contribution in [0.25, 0.3) is 5.69 Å². The van der Waals surface area contributed by atoms with Crippen molar-refractivity contribution in [2.45, 2.75) is 33.1 Å². The van der Waals surface area contributed by atoms with E-state index in [1.807, 2.05) is 54.3 Å². The van der Waals surface area contributed by atoms with E-state index in [9.17, 15) is 4.79 Å². The van der Waals surface area contributed by atoms with Gasteiger partial charge in [-0.15, -0.1) is 5.10 Å². The third kappa shape index (κ3) is 4.67. The molecule has 0 aliphatic carbocycles. The fraction of sp³-hybridized carbons (Fsp3) is 0.391. The van der Waals surface area contributed by atoms with Crippen LogP contribution in [-0.4, -0.2) is 50.7 Å². The summed E-state index contributed by atoms with van der Waals surface area (Å²) >= 11 is 0. The number of likely N-dealkylation sites (tertiary alicyclic amines) is 1. The summed E-state index contributed by atoms with van der Waals surface area (Å²) in [5.41, 5.74) is 3.02. The van der Waals surface area contributed by atoms with Crippen LogP contribution in [0, 0.1) is 19.8 Å². The molecule has 1 aliphatic rings. The van der Waals surface area contributed by atoms with E-state index in [0.717, 1.165) is 54.3 Å². The van der Waals surface area contributed by atoms with Crippen LogP contribution < -0.4 is 4.74 Å². The lowest BCUT2D eigenvalue weighted by molar-refractivity contribution is -0.132. The zero-order chi connectivity index (χ0) is 20.9. The molecule has 7 heteroatoms. The largest absolute Gasteiger partial charge is 0.493 e. The van der Waals surface area contributed by atoms with Crippen molar-refractivity contribution >= 4 is 5.91 Å². The summed E-state index contributed by atoms with van der Waals surface area (Å²) in [5, 5.41) is 11.5. The van der Waals surface area contributed by atoms with Crippen molar-refractivity contribution in [2.75, 3.05) is 19.7 Å². The molecule has 0 N–H and O–H groups in total. The number of ether oxygens (including phenoxy) is 1. The summed E-state index contributed by atoms with van der Waals surface area (Å²) in [6.07, 6.45) is 2.51. The Labute approximate surface area is 176 Å². The van der Waals surface area contributed by atoms with Gasteiger partial charge >= 0.3 is 0 Å². The van der Waals surface area contributed by atoms with Crippen LogP contribution in [-0.2, 0) is 11.2 Å². The van der Waals surface area contributed by atoms with Gasteiger partial charge in [-0.1, -0.05) is 30.3 Å². The second-order valence-electron chi connectivity index (χ2n) is 7.91. The number of carbonyl (C=O) groups is 1. The lowest BCUT2D eigenvalue weighted by Gasteiger charge is -2.33. The Bertz CT molecular complexity index is 999. The van der Waals surface area contributed by atoms with Crippen molar-refractivity contribution in [3.63, 3.8) is 0 Å². The molecular weight excluding hydrogens is 378 g/mol. The predicted octanol–water partition coefficient (Wildman–Crippen LogP) is 3.14. The summed E-state index contributed by atoms with van der Waals surface area (Å²) in [7, 11) is 0. The first-order valence-electron chi connectivity index (χ1n) is 10.4. The van der Waals surface area contributed by atoms with Crippen LogP contribution in [0.1, 0.15) is 29.8 Å². The first kappa shape index (κ1) is 20.1. The Morgan fingerprint density at radius 1 is 1.13 bits per heavy atom. The minimum atomic E-state index is 0.168. The quantitative estimate of drug-likeness (QED) is 0.630. The summed E-state index contributed by atoms with van der Waals surface area (Å²) < 4.78 is 7.70. The average Bonchev–Trinajstić information content (AvgIpc) is 3.20. The van der Waals surface area contributed by atoms with E-state index in [1.54, 1.807) is 4.68 Å². The minimum absolute atomic E-state index is 0.168. The van der Waals surface area contributed by atoms with E-state index in [4.69, 9.17) is 4.74 Å². The number of aryl methyl sites for hydroxylation is 2. The summed E-state index contributed by atoms with van der Waals surface area (Å²) in [6.45, 7) is 6.13. The highest BCUT2D eigenvalue weighted by molar-refractivity contribution is 5.79. The van der Waals surface area contributed by atoms with Gasteiger partial charge in [0.2, 0.25) is 5.91 Å². The maximum Gasteiger partial charge on any atom is 0.227 e. The molecule has 0 bridgehead atoms. The molecule has 1 fully saturated rings. The Morgan fingerprint density at radius 3 is 2.67 bits per heavy atom. The van der Waals surface area contributed by atoms with Gasteiger partial charge in [-0.3, -0.25) is 4.79 Å². The number of hydrogen-bond donors (Lipinski definition) is 0. The monoisotopic (exact) mass is 405 g/mol. The molecule has 2 aromatic carbocycles. The Morgan fingerprint density at radius 2 is 1.93 bits per heavy atom. The fourth-order valence-electron chi connectivity index (χ4n) is 3.87. The minimum Gasteiger partial charge on any atom is -0.493 e. The highest BCUT2D eigenvalue weighted by Crippen LogP contribution is 2.22. The summed E-state index contributed by atoms with van der Waals surface area (Å²) in [5.74, 6) is 2.19. The standard InChI is InChI=1S/C23H27N5O2/c1-17-6-3-4-8-22(17)30-16-20-7-5-13-27(15-20)23(29)14-19-9-11-21(12-10-19)28-18(2)24-25-26-28/h3-4,6,8-12,20H,5,7,13-16H2,1-2H3. The highest BCUT2D eigenvalue weighted by atomic mass is 16.5. The van der Waals surface area contributed by atoms with E-state index in [2.05, 4.69) is 28.5 Å². The van der Waals surface area contributed by atoms with E-state index in [1.165, 1.54) is 0 Å². The molecule has 0 spiro atoms. The summed E-state index contributed by atoms with van der Waals surface area (Å²) in [6, 6.07) is 15.9. The molecule has 2 heterocycles.